The molecule has 0 N–H and O–H groups in total. The number of ether oxygens (including phenoxy) is 1. The van der Waals surface area contributed by atoms with Gasteiger partial charge in [-0.2, -0.15) is 0 Å². The van der Waals surface area contributed by atoms with Gasteiger partial charge in [-0.3, -0.25) is 0 Å². The Morgan fingerprint density at radius 2 is 2.00 bits per heavy atom. The van der Waals surface area contributed by atoms with Crippen molar-refractivity contribution in [3.63, 3.8) is 0 Å². The summed E-state index contributed by atoms with van der Waals surface area (Å²) in [4.78, 5) is 0. The molecule has 1 aliphatic rings. The molecule has 13 heavy (non-hydrogen) atoms. The van der Waals surface area contributed by atoms with Crippen LogP contribution >= 0.6 is 0 Å². The summed E-state index contributed by atoms with van der Waals surface area (Å²) in [5, 5.41) is 0. The zero-order valence-electron chi connectivity index (χ0n) is 7.66. The first kappa shape index (κ1) is 8.70. The van der Waals surface area contributed by atoms with Gasteiger partial charge in [-0.1, -0.05) is 29.8 Å². The van der Waals surface area contributed by atoms with Crippen molar-refractivity contribution < 1.29 is 9.13 Å². The van der Waals surface area contributed by atoms with Gasteiger partial charge in [0.15, 0.2) is 0 Å². The van der Waals surface area contributed by atoms with Crippen LogP contribution in [0.25, 0.3) is 0 Å². The van der Waals surface area contributed by atoms with Crippen molar-refractivity contribution in [1.29, 1.82) is 0 Å². The van der Waals surface area contributed by atoms with Crippen LogP contribution in [0, 0.1) is 6.92 Å². The monoisotopic (exact) mass is 180 g/mol. The molecule has 1 aromatic rings. The third-order valence-electron chi connectivity index (χ3n) is 2.43. The van der Waals surface area contributed by atoms with Crippen molar-refractivity contribution in [3.05, 3.63) is 35.4 Å². The molecular weight excluding hydrogens is 167 g/mol. The van der Waals surface area contributed by atoms with Crippen LogP contribution in [0.3, 0.4) is 0 Å². The first-order chi connectivity index (χ1) is 6.27. The largest absolute Gasteiger partial charge is 0.370 e. The van der Waals surface area contributed by atoms with Crippen LogP contribution in [-0.4, -0.2) is 12.8 Å². The molecule has 1 saturated heterocycles. The highest BCUT2D eigenvalue weighted by molar-refractivity contribution is 5.24. The van der Waals surface area contributed by atoms with E-state index < -0.39 is 6.17 Å². The summed E-state index contributed by atoms with van der Waals surface area (Å²) in [7, 11) is 0. The van der Waals surface area contributed by atoms with Gasteiger partial charge in [-0.15, -0.1) is 0 Å². The van der Waals surface area contributed by atoms with Gasteiger partial charge in [0.1, 0.15) is 12.3 Å². The second-order valence-electron chi connectivity index (χ2n) is 3.51. The van der Waals surface area contributed by atoms with Crippen LogP contribution in [0.2, 0.25) is 0 Å². The van der Waals surface area contributed by atoms with Crippen molar-refractivity contribution in [2.75, 3.05) is 6.61 Å². The summed E-state index contributed by atoms with van der Waals surface area (Å²) >= 11 is 0. The predicted molar refractivity (Wildman–Crippen MR) is 49.4 cm³/mol. The standard InChI is InChI=1S/C11H13FO/c1-8-2-4-9(5-3-8)11-10(12)6-7-13-11/h2-5,10-11H,6-7H2,1H3/t10-,11+/m1/s1. The Labute approximate surface area is 77.5 Å². The Bertz CT molecular complexity index is 281. The minimum Gasteiger partial charge on any atom is -0.370 e. The zero-order chi connectivity index (χ0) is 9.26. The maximum atomic E-state index is 13.2. The number of hydrogen-bond donors (Lipinski definition) is 0. The molecule has 0 aliphatic carbocycles. The molecule has 1 aliphatic heterocycles. The van der Waals surface area contributed by atoms with E-state index in [9.17, 15) is 4.39 Å². The maximum absolute atomic E-state index is 13.2. The third kappa shape index (κ3) is 1.73. The van der Waals surface area contributed by atoms with Crippen LogP contribution in [-0.2, 0) is 4.74 Å². The fourth-order valence-electron chi connectivity index (χ4n) is 1.62. The van der Waals surface area contributed by atoms with E-state index in [2.05, 4.69) is 0 Å². The highest BCUT2D eigenvalue weighted by Crippen LogP contribution is 2.31. The minimum absolute atomic E-state index is 0.333. The van der Waals surface area contributed by atoms with Gasteiger partial charge < -0.3 is 4.74 Å². The van der Waals surface area contributed by atoms with E-state index in [4.69, 9.17) is 4.74 Å². The Hall–Kier alpha value is -0.890. The van der Waals surface area contributed by atoms with Gasteiger partial charge in [0.25, 0.3) is 0 Å². The van der Waals surface area contributed by atoms with Crippen LogP contribution in [0.4, 0.5) is 4.39 Å². The van der Waals surface area contributed by atoms with E-state index in [1.165, 1.54) is 5.56 Å². The molecule has 0 amide bonds. The fourth-order valence-corrected chi connectivity index (χ4v) is 1.62. The highest BCUT2D eigenvalue weighted by atomic mass is 19.1. The van der Waals surface area contributed by atoms with Crippen LogP contribution in [0.1, 0.15) is 23.7 Å². The molecule has 0 spiro atoms. The Kier molecular flexibility index (Phi) is 2.32. The topological polar surface area (TPSA) is 9.23 Å². The number of alkyl halides is 1. The number of hydrogen-bond acceptors (Lipinski definition) is 1. The molecule has 1 nitrogen and oxygen atoms in total. The lowest BCUT2D eigenvalue weighted by Crippen LogP contribution is -2.07. The lowest BCUT2D eigenvalue weighted by Gasteiger charge is -2.12. The lowest BCUT2D eigenvalue weighted by atomic mass is 10.0. The summed E-state index contributed by atoms with van der Waals surface area (Å²) in [6.07, 6.45) is -0.637. The van der Waals surface area contributed by atoms with E-state index in [1.807, 2.05) is 31.2 Å². The van der Waals surface area contributed by atoms with Crippen LogP contribution in [0.5, 0.6) is 0 Å². The maximum Gasteiger partial charge on any atom is 0.133 e. The quantitative estimate of drug-likeness (QED) is 0.645. The van der Waals surface area contributed by atoms with Gasteiger partial charge in [0, 0.05) is 6.42 Å². The average molecular weight is 180 g/mol. The summed E-state index contributed by atoms with van der Waals surface area (Å²) in [5.41, 5.74) is 2.15. The average Bonchev–Trinajstić information content (AvgIpc) is 2.53. The zero-order valence-corrected chi connectivity index (χ0v) is 7.66. The second kappa shape index (κ2) is 3.46. The predicted octanol–water partition coefficient (Wildman–Crippen LogP) is 2.79. The molecule has 70 valence electrons. The number of halogens is 1. The lowest BCUT2D eigenvalue weighted by molar-refractivity contribution is 0.0778. The number of benzene rings is 1. The van der Waals surface area contributed by atoms with E-state index in [1.54, 1.807) is 0 Å². The Morgan fingerprint density at radius 3 is 2.54 bits per heavy atom. The van der Waals surface area contributed by atoms with Gasteiger partial charge in [-0.05, 0) is 12.5 Å². The highest BCUT2D eigenvalue weighted by Gasteiger charge is 2.28. The molecular formula is C11H13FO. The summed E-state index contributed by atoms with van der Waals surface area (Å²) in [6, 6.07) is 7.86. The molecule has 1 fully saturated rings. The van der Waals surface area contributed by atoms with E-state index in [0.717, 1.165) is 5.56 Å². The fraction of sp³-hybridized carbons (Fsp3) is 0.455. The molecule has 1 heterocycles. The smallest absolute Gasteiger partial charge is 0.133 e. The molecule has 2 heteroatoms. The van der Waals surface area contributed by atoms with Crippen LogP contribution < -0.4 is 0 Å². The van der Waals surface area contributed by atoms with E-state index in [-0.39, 0.29) is 6.10 Å². The van der Waals surface area contributed by atoms with Crippen LogP contribution in [0.15, 0.2) is 24.3 Å². The van der Waals surface area contributed by atoms with Gasteiger partial charge >= 0.3 is 0 Å². The van der Waals surface area contributed by atoms with Crippen molar-refractivity contribution in [2.24, 2.45) is 0 Å². The SMILES string of the molecule is Cc1ccc([C@@H]2OCC[C@H]2F)cc1. The van der Waals surface area contributed by atoms with Crippen molar-refractivity contribution in [2.45, 2.75) is 25.6 Å². The summed E-state index contributed by atoms with van der Waals surface area (Å²) < 4.78 is 18.6. The summed E-state index contributed by atoms with van der Waals surface area (Å²) in [6.45, 7) is 2.56. The molecule has 1 aromatic carbocycles. The van der Waals surface area contributed by atoms with E-state index >= 15 is 0 Å². The molecule has 2 atom stereocenters. The molecule has 2 rings (SSSR count). The Morgan fingerprint density at radius 1 is 1.31 bits per heavy atom. The molecule has 0 saturated carbocycles. The van der Waals surface area contributed by atoms with Gasteiger partial charge in [-0.25, -0.2) is 4.39 Å². The molecule has 0 bridgehead atoms. The van der Waals surface area contributed by atoms with Gasteiger partial charge in [0.05, 0.1) is 6.61 Å². The van der Waals surface area contributed by atoms with E-state index in [0.29, 0.717) is 13.0 Å². The first-order valence-corrected chi connectivity index (χ1v) is 4.59. The minimum atomic E-state index is -0.831. The number of aryl methyl sites for hydroxylation is 1. The van der Waals surface area contributed by atoms with Crippen molar-refractivity contribution in [3.8, 4) is 0 Å². The first-order valence-electron chi connectivity index (χ1n) is 4.59. The number of rotatable bonds is 1. The molecule has 0 unspecified atom stereocenters. The van der Waals surface area contributed by atoms with Crippen molar-refractivity contribution in [1.82, 2.24) is 0 Å². The molecule has 0 aromatic heterocycles. The second-order valence-corrected chi connectivity index (χ2v) is 3.51. The Balaban J connectivity index is 2.20. The van der Waals surface area contributed by atoms with Crippen molar-refractivity contribution >= 4 is 0 Å². The molecule has 0 radical (unpaired) electrons. The normalized spacial score (nSPS) is 27.8. The third-order valence-corrected chi connectivity index (χ3v) is 2.43. The van der Waals surface area contributed by atoms with Gasteiger partial charge in [0.2, 0.25) is 0 Å². The summed E-state index contributed by atoms with van der Waals surface area (Å²) in [5.74, 6) is 0.